The molecular formula is C19H18N6O2S3. The third kappa shape index (κ3) is 5.65. The summed E-state index contributed by atoms with van der Waals surface area (Å²) in [7, 11) is 0. The zero-order valence-electron chi connectivity index (χ0n) is 16.0. The van der Waals surface area contributed by atoms with Crippen LogP contribution in [0.1, 0.15) is 31.7 Å². The van der Waals surface area contributed by atoms with E-state index in [2.05, 4.69) is 31.0 Å². The van der Waals surface area contributed by atoms with Crippen molar-refractivity contribution in [2.75, 3.05) is 5.32 Å². The van der Waals surface area contributed by atoms with Crippen LogP contribution in [0.3, 0.4) is 0 Å². The van der Waals surface area contributed by atoms with E-state index in [-0.39, 0.29) is 5.91 Å². The van der Waals surface area contributed by atoms with Crippen LogP contribution in [0, 0.1) is 6.92 Å². The van der Waals surface area contributed by atoms with Gasteiger partial charge in [0.1, 0.15) is 10.8 Å². The second kappa shape index (κ2) is 9.83. The van der Waals surface area contributed by atoms with Gasteiger partial charge in [0.2, 0.25) is 10.1 Å². The molecule has 30 heavy (non-hydrogen) atoms. The number of benzene rings is 1. The molecule has 0 unspecified atom stereocenters. The van der Waals surface area contributed by atoms with E-state index in [0.717, 1.165) is 25.8 Å². The summed E-state index contributed by atoms with van der Waals surface area (Å²) in [6, 6.07) is 11.8. The molecule has 11 heteroatoms. The Morgan fingerprint density at radius 2 is 1.93 bits per heavy atom. The Morgan fingerprint density at radius 1 is 1.07 bits per heavy atom. The molecule has 1 aromatic carbocycles. The molecule has 3 heterocycles. The first-order valence-corrected chi connectivity index (χ1v) is 11.7. The van der Waals surface area contributed by atoms with E-state index in [1.807, 2.05) is 43.3 Å². The summed E-state index contributed by atoms with van der Waals surface area (Å²) in [5, 5.41) is 24.3. The van der Waals surface area contributed by atoms with Gasteiger partial charge in [-0.05, 0) is 24.6 Å². The molecule has 3 aromatic heterocycles. The van der Waals surface area contributed by atoms with Crippen LogP contribution in [-0.4, -0.2) is 26.3 Å². The van der Waals surface area contributed by atoms with Crippen molar-refractivity contribution in [1.82, 2.24) is 25.7 Å². The molecule has 0 saturated carbocycles. The van der Waals surface area contributed by atoms with Gasteiger partial charge >= 0.3 is 0 Å². The lowest BCUT2D eigenvalue weighted by molar-refractivity contribution is 0.0950. The highest BCUT2D eigenvalue weighted by Gasteiger charge is 2.14. The van der Waals surface area contributed by atoms with Crippen LogP contribution in [-0.2, 0) is 18.8 Å². The second-order valence-electron chi connectivity index (χ2n) is 6.26. The molecule has 0 atom stereocenters. The molecule has 0 aliphatic rings. The van der Waals surface area contributed by atoms with Crippen LogP contribution in [0.5, 0.6) is 0 Å². The van der Waals surface area contributed by atoms with Crippen molar-refractivity contribution in [2.24, 2.45) is 0 Å². The number of nitrogens with zero attached hydrogens (tertiary/aromatic N) is 4. The van der Waals surface area contributed by atoms with Gasteiger partial charge < -0.3 is 15.1 Å². The molecule has 0 aliphatic heterocycles. The van der Waals surface area contributed by atoms with Gasteiger partial charge in [-0.2, -0.15) is 0 Å². The Kier molecular flexibility index (Phi) is 6.72. The first-order valence-electron chi connectivity index (χ1n) is 9.04. The van der Waals surface area contributed by atoms with Gasteiger partial charge in [-0.3, -0.25) is 4.79 Å². The number of amides is 1. The van der Waals surface area contributed by atoms with E-state index in [4.69, 9.17) is 4.42 Å². The maximum atomic E-state index is 12.3. The molecule has 0 aliphatic carbocycles. The highest BCUT2D eigenvalue weighted by Crippen LogP contribution is 2.29. The van der Waals surface area contributed by atoms with Gasteiger partial charge in [0, 0.05) is 6.54 Å². The summed E-state index contributed by atoms with van der Waals surface area (Å²) in [5.74, 6) is 1.20. The fraction of sp³-hybridized carbons (Fsp3) is 0.211. The SMILES string of the molecule is Cc1ccc(CNC(=O)c2nnc(CSc3nnc(NCc4ccco4)s3)s2)cc1. The summed E-state index contributed by atoms with van der Waals surface area (Å²) >= 11 is 4.26. The molecular weight excluding hydrogens is 440 g/mol. The number of hydrogen-bond acceptors (Lipinski definition) is 10. The minimum Gasteiger partial charge on any atom is -0.467 e. The quantitative estimate of drug-likeness (QED) is 0.361. The topological polar surface area (TPSA) is 106 Å². The number of hydrogen-bond donors (Lipinski definition) is 2. The Bertz CT molecular complexity index is 1090. The van der Waals surface area contributed by atoms with Crippen molar-refractivity contribution in [3.63, 3.8) is 0 Å². The van der Waals surface area contributed by atoms with E-state index in [9.17, 15) is 4.79 Å². The molecule has 0 bridgehead atoms. The third-order valence-electron chi connectivity index (χ3n) is 3.95. The molecule has 0 fully saturated rings. The molecule has 0 saturated heterocycles. The lowest BCUT2D eigenvalue weighted by Gasteiger charge is -2.03. The number of anilines is 1. The number of carbonyl (C=O) groups excluding carboxylic acids is 1. The summed E-state index contributed by atoms with van der Waals surface area (Å²) in [4.78, 5) is 12.3. The number of nitrogens with one attached hydrogen (secondary N) is 2. The monoisotopic (exact) mass is 458 g/mol. The van der Waals surface area contributed by atoms with E-state index >= 15 is 0 Å². The Morgan fingerprint density at radius 3 is 2.73 bits per heavy atom. The summed E-state index contributed by atoms with van der Waals surface area (Å²) in [6.45, 7) is 3.05. The number of aryl methyl sites for hydroxylation is 1. The van der Waals surface area contributed by atoms with Crippen molar-refractivity contribution in [3.8, 4) is 0 Å². The van der Waals surface area contributed by atoms with E-state index in [1.165, 1.54) is 40.0 Å². The lowest BCUT2D eigenvalue weighted by Crippen LogP contribution is -2.22. The van der Waals surface area contributed by atoms with Crippen molar-refractivity contribution in [1.29, 1.82) is 0 Å². The lowest BCUT2D eigenvalue weighted by atomic mass is 10.1. The second-order valence-corrected chi connectivity index (χ2v) is 9.53. The van der Waals surface area contributed by atoms with Crippen molar-refractivity contribution in [2.45, 2.75) is 30.1 Å². The number of carbonyl (C=O) groups is 1. The van der Waals surface area contributed by atoms with E-state index in [0.29, 0.717) is 23.8 Å². The Labute approximate surface area is 185 Å². The Hall–Kier alpha value is -2.76. The predicted octanol–water partition coefficient (Wildman–Crippen LogP) is 4.13. The number of rotatable bonds is 9. The van der Waals surface area contributed by atoms with Crippen molar-refractivity contribution >= 4 is 45.5 Å². The minimum atomic E-state index is -0.218. The summed E-state index contributed by atoms with van der Waals surface area (Å²) < 4.78 is 6.10. The zero-order chi connectivity index (χ0) is 20.8. The minimum absolute atomic E-state index is 0.218. The van der Waals surface area contributed by atoms with Gasteiger partial charge in [0.05, 0.1) is 18.6 Å². The van der Waals surface area contributed by atoms with Crippen LogP contribution >= 0.6 is 34.4 Å². The molecule has 0 radical (unpaired) electrons. The maximum Gasteiger partial charge on any atom is 0.282 e. The Balaban J connectivity index is 1.24. The largest absolute Gasteiger partial charge is 0.467 e. The van der Waals surface area contributed by atoms with Gasteiger partial charge in [0.15, 0.2) is 4.34 Å². The summed E-state index contributed by atoms with van der Waals surface area (Å²) in [5.41, 5.74) is 2.23. The van der Waals surface area contributed by atoms with Crippen LogP contribution < -0.4 is 10.6 Å². The van der Waals surface area contributed by atoms with E-state index in [1.54, 1.807) is 6.26 Å². The fourth-order valence-electron chi connectivity index (χ4n) is 2.41. The molecule has 8 nitrogen and oxygen atoms in total. The van der Waals surface area contributed by atoms with Gasteiger partial charge in [0.25, 0.3) is 5.91 Å². The third-order valence-corrected chi connectivity index (χ3v) is 7.08. The highest BCUT2D eigenvalue weighted by atomic mass is 32.2. The van der Waals surface area contributed by atoms with Gasteiger partial charge in [-0.25, -0.2) is 0 Å². The van der Waals surface area contributed by atoms with Crippen LogP contribution in [0.25, 0.3) is 0 Å². The molecule has 4 rings (SSSR count). The van der Waals surface area contributed by atoms with Crippen molar-refractivity contribution in [3.05, 3.63) is 69.6 Å². The zero-order valence-corrected chi connectivity index (χ0v) is 18.4. The fourth-order valence-corrected chi connectivity index (χ4v) is 4.90. The summed E-state index contributed by atoms with van der Waals surface area (Å²) in [6.07, 6.45) is 1.64. The molecule has 2 N–H and O–H groups in total. The average molecular weight is 459 g/mol. The van der Waals surface area contributed by atoms with Crippen molar-refractivity contribution < 1.29 is 9.21 Å². The van der Waals surface area contributed by atoms with Crippen LogP contribution in [0.15, 0.2) is 51.4 Å². The smallest absolute Gasteiger partial charge is 0.282 e. The van der Waals surface area contributed by atoms with Crippen LogP contribution in [0.2, 0.25) is 0 Å². The molecule has 1 amide bonds. The van der Waals surface area contributed by atoms with Crippen LogP contribution in [0.4, 0.5) is 5.13 Å². The molecule has 4 aromatic rings. The normalized spacial score (nSPS) is 10.8. The van der Waals surface area contributed by atoms with E-state index < -0.39 is 0 Å². The number of furan rings is 1. The standard InChI is InChI=1S/C19H18N6O2S3/c1-12-4-6-13(7-5-12)9-20-16(26)17-23-22-15(29-17)11-28-19-25-24-18(30-19)21-10-14-3-2-8-27-14/h2-8H,9-11H2,1H3,(H,20,26)(H,21,24). The first-order chi connectivity index (χ1) is 14.7. The average Bonchev–Trinajstić information content (AvgIpc) is 3.52. The van der Waals surface area contributed by atoms with Gasteiger partial charge in [-0.15, -0.1) is 20.4 Å². The number of aromatic nitrogens is 4. The molecule has 154 valence electrons. The first kappa shape index (κ1) is 20.5. The van der Waals surface area contributed by atoms with Gasteiger partial charge in [-0.1, -0.05) is 64.3 Å². The predicted molar refractivity (Wildman–Crippen MR) is 118 cm³/mol. The number of thioether (sulfide) groups is 1. The molecule has 0 spiro atoms. The highest BCUT2D eigenvalue weighted by molar-refractivity contribution is 8.00. The maximum absolute atomic E-state index is 12.3.